The molecule has 0 aromatic heterocycles. The van der Waals surface area contributed by atoms with E-state index in [1.165, 1.54) is 6.07 Å². The summed E-state index contributed by atoms with van der Waals surface area (Å²) in [6.45, 7) is 4.30. The van der Waals surface area contributed by atoms with Crippen molar-refractivity contribution in [3.8, 4) is 0 Å². The van der Waals surface area contributed by atoms with Gasteiger partial charge in [0.1, 0.15) is 0 Å². The van der Waals surface area contributed by atoms with Crippen molar-refractivity contribution in [1.29, 1.82) is 0 Å². The Hall–Kier alpha value is -1.78. The van der Waals surface area contributed by atoms with Gasteiger partial charge in [0.05, 0.1) is 4.92 Å². The Kier molecular flexibility index (Phi) is 6.12. The topological polar surface area (TPSA) is 81.2 Å². The van der Waals surface area contributed by atoms with E-state index in [1.807, 2.05) is 0 Å². The molecule has 0 bridgehead atoms. The maximum atomic E-state index is 10.8. The van der Waals surface area contributed by atoms with Crippen LogP contribution in [0.5, 0.6) is 0 Å². The van der Waals surface area contributed by atoms with Gasteiger partial charge in [-0.15, -0.1) is 0 Å². The average molecular weight is 265 g/mol. The van der Waals surface area contributed by atoms with Crippen LogP contribution in [0.3, 0.4) is 0 Å². The first-order valence-electron chi connectivity index (χ1n) is 6.88. The molecule has 0 aliphatic heterocycles. The minimum absolute atomic E-state index is 0.0354. The van der Waals surface area contributed by atoms with Gasteiger partial charge in [-0.3, -0.25) is 10.1 Å². The fourth-order valence-electron chi connectivity index (χ4n) is 2.15. The largest absolute Gasteiger partial charge is 0.398 e. The molecule has 0 saturated heterocycles. The van der Waals surface area contributed by atoms with E-state index in [1.54, 1.807) is 12.1 Å². The molecule has 0 heterocycles. The number of nitrogens with zero attached hydrogens (tertiary/aromatic N) is 1. The molecule has 1 aromatic rings. The number of nitro groups is 1. The summed E-state index contributed by atoms with van der Waals surface area (Å²) in [7, 11) is 0. The van der Waals surface area contributed by atoms with E-state index in [2.05, 4.69) is 19.2 Å². The van der Waals surface area contributed by atoms with Crippen LogP contribution in [0.2, 0.25) is 0 Å². The molecule has 1 unspecified atom stereocenters. The van der Waals surface area contributed by atoms with Crippen molar-refractivity contribution < 1.29 is 4.92 Å². The summed E-state index contributed by atoms with van der Waals surface area (Å²) in [6.07, 6.45) is 5.53. The minimum atomic E-state index is -0.414. The van der Waals surface area contributed by atoms with Crippen molar-refractivity contribution in [3.05, 3.63) is 28.3 Å². The highest BCUT2D eigenvalue weighted by Crippen LogP contribution is 2.24. The van der Waals surface area contributed by atoms with Gasteiger partial charge in [0, 0.05) is 29.5 Å². The summed E-state index contributed by atoms with van der Waals surface area (Å²) in [6, 6.07) is 5.03. The van der Waals surface area contributed by atoms with Crippen LogP contribution in [0.25, 0.3) is 0 Å². The smallest absolute Gasteiger partial charge is 0.273 e. The summed E-state index contributed by atoms with van der Waals surface area (Å²) in [4.78, 5) is 10.4. The molecule has 1 aromatic carbocycles. The van der Waals surface area contributed by atoms with Crippen LogP contribution in [0.4, 0.5) is 17.1 Å². The Balaban J connectivity index is 2.79. The Morgan fingerprint density at radius 3 is 2.58 bits per heavy atom. The van der Waals surface area contributed by atoms with Crippen molar-refractivity contribution in [3.63, 3.8) is 0 Å². The summed E-state index contributed by atoms with van der Waals surface area (Å²) in [5.74, 6) is 0. The lowest BCUT2D eigenvalue weighted by Crippen LogP contribution is -2.19. The number of unbranched alkanes of at least 4 members (excludes halogenated alkanes) is 1. The number of rotatable bonds is 8. The molecule has 0 saturated carbocycles. The fourth-order valence-corrected chi connectivity index (χ4v) is 2.15. The van der Waals surface area contributed by atoms with Crippen molar-refractivity contribution >= 4 is 17.1 Å². The van der Waals surface area contributed by atoms with Crippen LogP contribution < -0.4 is 11.1 Å². The molecule has 0 radical (unpaired) electrons. The number of non-ortho nitro benzene ring substituents is 1. The van der Waals surface area contributed by atoms with Gasteiger partial charge in [0.2, 0.25) is 0 Å². The maximum Gasteiger partial charge on any atom is 0.273 e. The Bertz CT molecular complexity index is 421. The third-order valence-corrected chi connectivity index (χ3v) is 3.06. The average Bonchev–Trinajstić information content (AvgIpc) is 2.35. The first kappa shape index (κ1) is 15.3. The van der Waals surface area contributed by atoms with Crippen molar-refractivity contribution in [2.45, 2.75) is 52.0 Å². The molecule has 19 heavy (non-hydrogen) atoms. The van der Waals surface area contributed by atoms with E-state index >= 15 is 0 Å². The van der Waals surface area contributed by atoms with E-state index in [4.69, 9.17) is 5.73 Å². The highest BCUT2D eigenvalue weighted by Gasteiger charge is 2.12. The summed E-state index contributed by atoms with van der Waals surface area (Å²) < 4.78 is 0. The molecule has 5 heteroatoms. The molecule has 0 fully saturated rings. The second kappa shape index (κ2) is 7.61. The second-order valence-corrected chi connectivity index (χ2v) is 4.84. The number of hydrogen-bond acceptors (Lipinski definition) is 4. The zero-order valence-electron chi connectivity index (χ0n) is 11.7. The van der Waals surface area contributed by atoms with Crippen molar-refractivity contribution in [2.75, 3.05) is 11.1 Å². The lowest BCUT2D eigenvalue weighted by Gasteiger charge is -2.19. The SMILES string of the molecule is CCCCC(CCC)Nc1cc(N)cc([N+](=O)[O-])c1. The van der Waals surface area contributed by atoms with E-state index in [9.17, 15) is 10.1 Å². The number of nitrogens with one attached hydrogen (secondary N) is 1. The normalized spacial score (nSPS) is 12.1. The predicted molar refractivity (Wildman–Crippen MR) is 79.4 cm³/mol. The Morgan fingerprint density at radius 1 is 1.26 bits per heavy atom. The highest BCUT2D eigenvalue weighted by molar-refractivity contribution is 5.61. The Morgan fingerprint density at radius 2 is 2.00 bits per heavy atom. The lowest BCUT2D eigenvalue weighted by molar-refractivity contribution is -0.384. The molecule has 1 atom stereocenters. The summed E-state index contributed by atoms with van der Waals surface area (Å²) in [5.41, 5.74) is 6.89. The van der Waals surface area contributed by atoms with Gasteiger partial charge in [-0.25, -0.2) is 0 Å². The van der Waals surface area contributed by atoms with E-state index in [0.717, 1.165) is 37.8 Å². The van der Waals surface area contributed by atoms with E-state index < -0.39 is 4.92 Å². The second-order valence-electron chi connectivity index (χ2n) is 4.84. The fraction of sp³-hybridized carbons (Fsp3) is 0.571. The molecule has 5 nitrogen and oxygen atoms in total. The molecule has 0 spiro atoms. The first-order valence-corrected chi connectivity index (χ1v) is 6.88. The van der Waals surface area contributed by atoms with Crippen LogP contribution in [-0.4, -0.2) is 11.0 Å². The molecule has 106 valence electrons. The predicted octanol–water partition coefficient (Wildman–Crippen LogP) is 3.95. The Labute approximate surface area is 114 Å². The van der Waals surface area contributed by atoms with E-state index in [0.29, 0.717) is 11.7 Å². The third kappa shape index (κ3) is 5.16. The molecule has 0 aliphatic rings. The van der Waals surface area contributed by atoms with Gasteiger partial charge in [-0.2, -0.15) is 0 Å². The standard InChI is InChI=1S/C14H23N3O2/c1-3-5-7-12(6-4-2)16-13-8-11(15)9-14(10-13)17(18)19/h8-10,12,16H,3-7,15H2,1-2H3. The lowest BCUT2D eigenvalue weighted by atomic mass is 10.0. The molecular weight excluding hydrogens is 242 g/mol. The number of hydrogen-bond donors (Lipinski definition) is 2. The van der Waals surface area contributed by atoms with Crippen LogP contribution in [0.1, 0.15) is 46.0 Å². The minimum Gasteiger partial charge on any atom is -0.398 e. The van der Waals surface area contributed by atoms with Crippen molar-refractivity contribution in [1.82, 2.24) is 0 Å². The van der Waals surface area contributed by atoms with Crippen LogP contribution >= 0.6 is 0 Å². The van der Waals surface area contributed by atoms with Crippen molar-refractivity contribution in [2.24, 2.45) is 0 Å². The molecule has 3 N–H and O–H groups in total. The molecular formula is C14H23N3O2. The van der Waals surface area contributed by atoms with Gasteiger partial charge in [-0.05, 0) is 18.9 Å². The number of nitro benzene ring substituents is 1. The summed E-state index contributed by atoms with van der Waals surface area (Å²) >= 11 is 0. The number of anilines is 2. The molecule has 1 rings (SSSR count). The number of nitrogen functional groups attached to an aromatic ring is 1. The number of nitrogens with two attached hydrogens (primary N) is 1. The molecule has 0 aliphatic carbocycles. The van der Waals surface area contributed by atoms with Crippen LogP contribution in [0, 0.1) is 10.1 Å². The zero-order valence-corrected chi connectivity index (χ0v) is 11.7. The van der Waals surface area contributed by atoms with Gasteiger partial charge in [-0.1, -0.05) is 33.1 Å². The third-order valence-electron chi connectivity index (χ3n) is 3.06. The zero-order chi connectivity index (χ0) is 14.3. The molecule has 0 amide bonds. The van der Waals surface area contributed by atoms with Crippen LogP contribution in [0.15, 0.2) is 18.2 Å². The number of benzene rings is 1. The van der Waals surface area contributed by atoms with Gasteiger partial charge in [0.25, 0.3) is 5.69 Å². The first-order chi connectivity index (χ1) is 9.06. The van der Waals surface area contributed by atoms with Gasteiger partial charge < -0.3 is 11.1 Å². The quantitative estimate of drug-likeness (QED) is 0.423. The highest BCUT2D eigenvalue weighted by atomic mass is 16.6. The maximum absolute atomic E-state index is 10.8. The summed E-state index contributed by atoms with van der Waals surface area (Å²) in [5, 5.41) is 14.2. The van der Waals surface area contributed by atoms with Gasteiger partial charge in [0.15, 0.2) is 0 Å². The van der Waals surface area contributed by atoms with Crippen LogP contribution in [-0.2, 0) is 0 Å². The van der Waals surface area contributed by atoms with Gasteiger partial charge >= 0.3 is 0 Å². The monoisotopic (exact) mass is 265 g/mol. The van der Waals surface area contributed by atoms with E-state index in [-0.39, 0.29) is 5.69 Å².